The Morgan fingerprint density at radius 3 is 2.35 bits per heavy atom. The van der Waals surface area contributed by atoms with Gasteiger partial charge in [0.15, 0.2) is 0 Å². The molecule has 3 aromatic carbocycles. The predicted molar refractivity (Wildman–Crippen MR) is 142 cm³/mol. The second-order valence-corrected chi connectivity index (χ2v) is 9.22. The first kappa shape index (κ1) is 24.8. The Morgan fingerprint density at radius 1 is 0.919 bits per heavy atom. The van der Waals surface area contributed by atoms with E-state index in [0.717, 1.165) is 28.3 Å². The fourth-order valence-electron chi connectivity index (χ4n) is 4.92. The van der Waals surface area contributed by atoms with Crippen LogP contribution in [0.25, 0.3) is 0 Å². The summed E-state index contributed by atoms with van der Waals surface area (Å²) in [5.74, 6) is 1.24. The Labute approximate surface area is 216 Å². The number of benzene rings is 3. The number of carbonyl (C=O) groups is 1. The number of rotatable bonds is 7. The van der Waals surface area contributed by atoms with E-state index in [2.05, 4.69) is 4.90 Å². The topological polar surface area (TPSA) is 57.6 Å². The van der Waals surface area contributed by atoms with Crippen molar-refractivity contribution in [2.45, 2.75) is 12.5 Å². The van der Waals surface area contributed by atoms with Crippen molar-refractivity contribution in [3.63, 3.8) is 0 Å². The van der Waals surface area contributed by atoms with Crippen molar-refractivity contribution in [2.24, 2.45) is 5.10 Å². The number of piperazine rings is 1. The van der Waals surface area contributed by atoms with E-state index in [9.17, 15) is 9.18 Å². The third kappa shape index (κ3) is 5.44. The van der Waals surface area contributed by atoms with E-state index in [1.807, 2.05) is 59.5 Å². The van der Waals surface area contributed by atoms with Crippen LogP contribution >= 0.6 is 0 Å². The standard InChI is InChI=1S/C29H31FN4O3/c1-36-23-12-10-21(11-13-23)28-19-26(22-6-5-7-24(18-22)37-2)31-34(28)29(35)20-32-14-16-33(17-15-32)27-9-4-3-8-25(27)30/h3-13,18,28H,14-17,19-20H2,1-2H3/t28-/m0/s1. The van der Waals surface area contributed by atoms with E-state index in [4.69, 9.17) is 14.6 Å². The van der Waals surface area contributed by atoms with Crippen LogP contribution in [0.2, 0.25) is 0 Å². The number of hydrazone groups is 1. The third-order valence-corrected chi connectivity index (χ3v) is 6.99. The van der Waals surface area contributed by atoms with Crippen molar-refractivity contribution in [3.05, 3.63) is 89.7 Å². The molecule has 1 amide bonds. The van der Waals surface area contributed by atoms with Gasteiger partial charge in [-0.1, -0.05) is 36.4 Å². The summed E-state index contributed by atoms with van der Waals surface area (Å²) in [6.07, 6.45) is 0.603. The maximum absolute atomic E-state index is 14.2. The van der Waals surface area contributed by atoms with Crippen molar-refractivity contribution >= 4 is 17.3 Å². The number of carbonyl (C=O) groups excluding carboxylic acids is 1. The van der Waals surface area contributed by atoms with Gasteiger partial charge < -0.3 is 14.4 Å². The summed E-state index contributed by atoms with van der Waals surface area (Å²) in [6.45, 7) is 2.93. The lowest BCUT2D eigenvalue weighted by Gasteiger charge is -2.36. The highest BCUT2D eigenvalue weighted by molar-refractivity contribution is 6.03. The number of hydrogen-bond acceptors (Lipinski definition) is 6. The van der Waals surface area contributed by atoms with Gasteiger partial charge in [-0.2, -0.15) is 5.10 Å². The van der Waals surface area contributed by atoms with Gasteiger partial charge in [-0.25, -0.2) is 9.40 Å². The maximum Gasteiger partial charge on any atom is 0.257 e. The van der Waals surface area contributed by atoms with Crippen LogP contribution in [0.4, 0.5) is 10.1 Å². The monoisotopic (exact) mass is 502 g/mol. The fraction of sp³-hybridized carbons (Fsp3) is 0.310. The van der Waals surface area contributed by atoms with Crippen LogP contribution in [0, 0.1) is 5.82 Å². The molecule has 0 bridgehead atoms. The van der Waals surface area contributed by atoms with Gasteiger partial charge >= 0.3 is 0 Å². The number of hydrogen-bond donors (Lipinski definition) is 0. The molecule has 1 atom stereocenters. The van der Waals surface area contributed by atoms with E-state index >= 15 is 0 Å². The van der Waals surface area contributed by atoms with Gasteiger partial charge in [0.1, 0.15) is 17.3 Å². The second kappa shape index (κ2) is 11.0. The molecule has 0 saturated carbocycles. The van der Waals surface area contributed by atoms with E-state index < -0.39 is 0 Å². The van der Waals surface area contributed by atoms with Crippen molar-refractivity contribution in [2.75, 3.05) is 51.8 Å². The zero-order valence-corrected chi connectivity index (χ0v) is 21.1. The first-order chi connectivity index (χ1) is 18.1. The molecule has 0 aliphatic carbocycles. The molecular weight excluding hydrogens is 471 g/mol. The number of anilines is 1. The van der Waals surface area contributed by atoms with Gasteiger partial charge in [-0.05, 0) is 42.0 Å². The maximum atomic E-state index is 14.2. The summed E-state index contributed by atoms with van der Waals surface area (Å²) in [5.41, 5.74) is 3.39. The van der Waals surface area contributed by atoms with Gasteiger partial charge in [0.2, 0.25) is 0 Å². The van der Waals surface area contributed by atoms with E-state index in [1.54, 1.807) is 31.4 Å². The van der Waals surface area contributed by atoms with Gasteiger partial charge in [0.05, 0.1) is 38.2 Å². The minimum absolute atomic E-state index is 0.0574. The minimum atomic E-state index is -0.217. The molecule has 0 aromatic heterocycles. The molecule has 8 heteroatoms. The van der Waals surface area contributed by atoms with Gasteiger partial charge in [-0.3, -0.25) is 9.69 Å². The van der Waals surface area contributed by atoms with Crippen LogP contribution in [-0.4, -0.2) is 68.5 Å². The molecule has 0 radical (unpaired) electrons. The number of para-hydroxylation sites is 1. The highest BCUT2D eigenvalue weighted by Crippen LogP contribution is 2.34. The van der Waals surface area contributed by atoms with Crippen molar-refractivity contribution in [1.29, 1.82) is 0 Å². The lowest BCUT2D eigenvalue weighted by atomic mass is 9.98. The van der Waals surface area contributed by atoms with Gasteiger partial charge in [-0.15, -0.1) is 0 Å². The van der Waals surface area contributed by atoms with Crippen LogP contribution in [0.15, 0.2) is 77.9 Å². The Kier molecular flexibility index (Phi) is 7.37. The second-order valence-electron chi connectivity index (χ2n) is 9.22. The third-order valence-electron chi connectivity index (χ3n) is 6.99. The summed E-state index contributed by atoms with van der Waals surface area (Å²) in [5, 5.41) is 6.43. The van der Waals surface area contributed by atoms with Crippen molar-refractivity contribution in [1.82, 2.24) is 9.91 Å². The quantitative estimate of drug-likeness (QED) is 0.481. The minimum Gasteiger partial charge on any atom is -0.497 e. The number of methoxy groups -OCH3 is 2. The molecule has 0 unspecified atom stereocenters. The highest BCUT2D eigenvalue weighted by Gasteiger charge is 2.34. The predicted octanol–water partition coefficient (Wildman–Crippen LogP) is 4.34. The number of amides is 1. The molecule has 2 aliphatic rings. The van der Waals surface area contributed by atoms with Crippen molar-refractivity contribution < 1.29 is 18.7 Å². The molecule has 2 heterocycles. The van der Waals surface area contributed by atoms with Crippen LogP contribution in [-0.2, 0) is 4.79 Å². The Balaban J connectivity index is 1.32. The van der Waals surface area contributed by atoms with Crippen LogP contribution in [0.1, 0.15) is 23.6 Å². The molecule has 0 N–H and O–H groups in total. The zero-order valence-electron chi connectivity index (χ0n) is 21.1. The molecule has 192 valence electrons. The fourth-order valence-corrected chi connectivity index (χ4v) is 4.92. The molecule has 5 rings (SSSR count). The van der Waals surface area contributed by atoms with Crippen LogP contribution in [0.3, 0.4) is 0 Å². The summed E-state index contributed by atoms with van der Waals surface area (Å²) < 4.78 is 24.9. The average molecular weight is 503 g/mol. The first-order valence-corrected chi connectivity index (χ1v) is 12.5. The first-order valence-electron chi connectivity index (χ1n) is 12.5. The molecule has 1 fully saturated rings. The molecular formula is C29H31FN4O3. The van der Waals surface area contributed by atoms with E-state index in [0.29, 0.717) is 38.3 Å². The zero-order chi connectivity index (χ0) is 25.8. The Hall–Kier alpha value is -3.91. The van der Waals surface area contributed by atoms with Gasteiger partial charge in [0.25, 0.3) is 5.91 Å². The summed E-state index contributed by atoms with van der Waals surface area (Å²) in [6, 6.07) is 22.2. The summed E-state index contributed by atoms with van der Waals surface area (Å²) in [7, 11) is 3.27. The number of halogens is 1. The SMILES string of the molecule is COc1ccc([C@@H]2CC(c3cccc(OC)c3)=NN2C(=O)CN2CCN(c3ccccc3F)CC2)cc1. The Morgan fingerprint density at radius 2 is 1.65 bits per heavy atom. The lowest BCUT2D eigenvalue weighted by Crippen LogP contribution is -2.49. The summed E-state index contributed by atoms with van der Waals surface area (Å²) >= 11 is 0. The van der Waals surface area contributed by atoms with E-state index in [1.165, 1.54) is 6.07 Å². The molecule has 37 heavy (non-hydrogen) atoms. The van der Waals surface area contributed by atoms with E-state index in [-0.39, 0.29) is 24.3 Å². The normalized spacial score (nSPS) is 18.0. The molecule has 7 nitrogen and oxygen atoms in total. The molecule has 3 aromatic rings. The molecule has 2 aliphatic heterocycles. The number of ether oxygens (including phenoxy) is 2. The Bertz CT molecular complexity index is 1270. The van der Waals surface area contributed by atoms with Crippen LogP contribution in [0.5, 0.6) is 11.5 Å². The molecule has 0 spiro atoms. The highest BCUT2D eigenvalue weighted by atomic mass is 19.1. The van der Waals surface area contributed by atoms with Crippen molar-refractivity contribution in [3.8, 4) is 11.5 Å². The van der Waals surface area contributed by atoms with Gasteiger partial charge in [0, 0.05) is 38.2 Å². The lowest BCUT2D eigenvalue weighted by molar-refractivity contribution is -0.134. The van der Waals surface area contributed by atoms with Crippen LogP contribution < -0.4 is 14.4 Å². The smallest absolute Gasteiger partial charge is 0.257 e. The largest absolute Gasteiger partial charge is 0.497 e. The summed E-state index contributed by atoms with van der Waals surface area (Å²) in [4.78, 5) is 17.7. The molecule has 1 saturated heterocycles. The number of nitrogens with zero attached hydrogens (tertiary/aromatic N) is 4. The average Bonchev–Trinajstić information content (AvgIpc) is 3.40.